The summed E-state index contributed by atoms with van der Waals surface area (Å²) in [6, 6.07) is 3.33. The van der Waals surface area contributed by atoms with E-state index in [4.69, 9.17) is 16.7 Å². The summed E-state index contributed by atoms with van der Waals surface area (Å²) in [6.45, 7) is 5.65. The standard InChI is InChI=1S/C24H27ClFN5O3S2/c1-13(2)30(3)11-19-20(18-9-16(25)12-35-18)28-24(36-19)29-22(32)15-8-17(26)21(27-10-15)31-6-4-14(5-7-31)23(33)34/h8-10,12-14H,4-7,11H2,1-3H3,(H,33,34)(H,28,29,32). The van der Waals surface area contributed by atoms with Crippen molar-refractivity contribution in [2.24, 2.45) is 5.92 Å². The molecule has 0 saturated carbocycles. The third kappa shape index (κ3) is 6.03. The van der Waals surface area contributed by atoms with Crippen LogP contribution in [0.3, 0.4) is 0 Å². The molecule has 0 atom stereocenters. The van der Waals surface area contributed by atoms with Gasteiger partial charge in [0.25, 0.3) is 5.91 Å². The van der Waals surface area contributed by atoms with Gasteiger partial charge in [0.2, 0.25) is 0 Å². The smallest absolute Gasteiger partial charge is 0.306 e. The van der Waals surface area contributed by atoms with E-state index in [0.717, 1.165) is 21.5 Å². The molecule has 4 heterocycles. The molecule has 12 heteroatoms. The lowest BCUT2D eigenvalue weighted by Gasteiger charge is -2.31. The molecule has 1 aliphatic rings. The maximum Gasteiger partial charge on any atom is 0.306 e. The molecule has 2 N–H and O–H groups in total. The van der Waals surface area contributed by atoms with E-state index in [1.54, 1.807) is 4.90 Å². The number of carbonyl (C=O) groups is 2. The van der Waals surface area contributed by atoms with Gasteiger partial charge in [-0.3, -0.25) is 19.8 Å². The number of rotatable bonds is 8. The molecule has 1 aliphatic heterocycles. The minimum absolute atomic E-state index is 0.0773. The molecule has 1 fully saturated rings. The average Bonchev–Trinajstić information content (AvgIpc) is 3.44. The summed E-state index contributed by atoms with van der Waals surface area (Å²) < 4.78 is 14.9. The highest BCUT2D eigenvalue weighted by Crippen LogP contribution is 2.37. The van der Waals surface area contributed by atoms with Gasteiger partial charge in [0.15, 0.2) is 16.8 Å². The first-order chi connectivity index (χ1) is 17.1. The fraction of sp³-hybridized carbons (Fsp3) is 0.417. The number of carboxylic acids is 1. The molecular formula is C24H27ClFN5O3S2. The predicted molar refractivity (Wildman–Crippen MR) is 142 cm³/mol. The molecule has 0 spiro atoms. The summed E-state index contributed by atoms with van der Waals surface area (Å²) >= 11 is 8.99. The Balaban J connectivity index is 1.50. The highest BCUT2D eigenvalue weighted by Gasteiger charge is 2.27. The van der Waals surface area contributed by atoms with Crippen LogP contribution in [0.5, 0.6) is 0 Å². The maximum absolute atomic E-state index is 14.9. The number of anilines is 2. The average molecular weight is 552 g/mol. The SMILES string of the molecule is CC(C)N(C)Cc1sc(NC(=O)c2cnc(N3CCC(C(=O)O)CC3)c(F)c2)nc1-c1cc(Cl)cs1. The van der Waals surface area contributed by atoms with Crippen molar-refractivity contribution in [1.29, 1.82) is 0 Å². The van der Waals surface area contributed by atoms with Crippen molar-refractivity contribution in [2.75, 3.05) is 30.4 Å². The lowest BCUT2D eigenvalue weighted by Crippen LogP contribution is -2.37. The van der Waals surface area contributed by atoms with E-state index in [2.05, 4.69) is 34.0 Å². The quantitative estimate of drug-likeness (QED) is 0.384. The predicted octanol–water partition coefficient (Wildman–Crippen LogP) is 5.45. The van der Waals surface area contributed by atoms with Crippen LogP contribution < -0.4 is 10.2 Å². The molecule has 0 aliphatic carbocycles. The third-order valence-corrected chi connectivity index (χ3v) is 8.46. The van der Waals surface area contributed by atoms with Gasteiger partial charge in [-0.2, -0.15) is 0 Å². The van der Waals surface area contributed by atoms with E-state index in [1.165, 1.54) is 28.9 Å². The summed E-state index contributed by atoms with van der Waals surface area (Å²) in [5.74, 6) is -2.26. The number of nitrogens with one attached hydrogen (secondary N) is 1. The van der Waals surface area contributed by atoms with Crippen molar-refractivity contribution in [3.63, 3.8) is 0 Å². The zero-order valence-electron chi connectivity index (χ0n) is 20.1. The van der Waals surface area contributed by atoms with Gasteiger partial charge in [0, 0.05) is 42.1 Å². The van der Waals surface area contributed by atoms with E-state index in [9.17, 15) is 14.0 Å². The summed E-state index contributed by atoms with van der Waals surface area (Å²) in [7, 11) is 2.02. The Morgan fingerprint density at radius 1 is 1.33 bits per heavy atom. The Hall–Kier alpha value is -2.60. The lowest BCUT2D eigenvalue weighted by molar-refractivity contribution is -0.142. The molecule has 36 heavy (non-hydrogen) atoms. The van der Waals surface area contributed by atoms with Gasteiger partial charge < -0.3 is 10.0 Å². The summed E-state index contributed by atoms with van der Waals surface area (Å²) in [6.07, 6.45) is 2.18. The van der Waals surface area contributed by atoms with E-state index in [0.29, 0.717) is 48.7 Å². The first kappa shape index (κ1) is 26.5. The number of thiophene rings is 1. The fourth-order valence-corrected chi connectivity index (χ4v) is 6.04. The lowest BCUT2D eigenvalue weighted by atomic mass is 9.97. The van der Waals surface area contributed by atoms with Gasteiger partial charge in [0.05, 0.1) is 27.1 Å². The number of aliphatic carboxylic acids is 1. The first-order valence-electron chi connectivity index (χ1n) is 11.5. The van der Waals surface area contributed by atoms with Gasteiger partial charge in [-0.15, -0.1) is 11.3 Å². The van der Waals surface area contributed by atoms with Crippen LogP contribution in [-0.2, 0) is 11.3 Å². The number of halogens is 2. The Kier molecular flexibility index (Phi) is 8.23. The van der Waals surface area contributed by atoms with Gasteiger partial charge >= 0.3 is 5.97 Å². The number of hydrogen-bond acceptors (Lipinski definition) is 8. The normalized spacial score (nSPS) is 14.6. The van der Waals surface area contributed by atoms with Crippen LogP contribution in [0.25, 0.3) is 10.6 Å². The van der Waals surface area contributed by atoms with Gasteiger partial charge in [-0.05, 0) is 45.9 Å². The Morgan fingerprint density at radius 2 is 2.06 bits per heavy atom. The number of thiazole rings is 1. The van der Waals surface area contributed by atoms with Crippen LogP contribution in [0.2, 0.25) is 5.02 Å². The number of pyridine rings is 1. The summed E-state index contributed by atoms with van der Waals surface area (Å²) in [5.41, 5.74) is 0.845. The first-order valence-corrected chi connectivity index (χ1v) is 13.6. The maximum atomic E-state index is 14.9. The second kappa shape index (κ2) is 11.2. The highest BCUT2D eigenvalue weighted by molar-refractivity contribution is 7.17. The molecule has 0 unspecified atom stereocenters. The molecule has 1 saturated heterocycles. The molecule has 3 aromatic heterocycles. The Labute approximate surface area is 221 Å². The van der Waals surface area contributed by atoms with E-state index in [1.807, 2.05) is 18.5 Å². The second-order valence-electron chi connectivity index (χ2n) is 9.01. The number of piperidine rings is 1. The van der Waals surface area contributed by atoms with Gasteiger partial charge in [-0.25, -0.2) is 14.4 Å². The minimum Gasteiger partial charge on any atom is -0.481 e. The van der Waals surface area contributed by atoms with Crippen LogP contribution in [-0.4, -0.2) is 58.0 Å². The molecule has 0 radical (unpaired) electrons. The summed E-state index contributed by atoms with van der Waals surface area (Å²) in [5, 5.41) is 14.8. The molecular weight excluding hydrogens is 525 g/mol. The number of nitrogens with zero attached hydrogens (tertiary/aromatic N) is 4. The van der Waals surface area contributed by atoms with Gasteiger partial charge in [-0.1, -0.05) is 22.9 Å². The van der Waals surface area contributed by atoms with Crippen molar-refractivity contribution < 1.29 is 19.1 Å². The van der Waals surface area contributed by atoms with Crippen molar-refractivity contribution >= 4 is 57.1 Å². The largest absolute Gasteiger partial charge is 0.481 e. The Morgan fingerprint density at radius 3 is 2.64 bits per heavy atom. The number of hydrogen-bond donors (Lipinski definition) is 2. The molecule has 4 rings (SSSR count). The van der Waals surface area contributed by atoms with Crippen molar-refractivity contribution in [2.45, 2.75) is 39.3 Å². The number of carbonyl (C=O) groups excluding carboxylic acids is 1. The molecule has 1 amide bonds. The van der Waals surface area contributed by atoms with E-state index >= 15 is 0 Å². The molecule has 192 valence electrons. The minimum atomic E-state index is -0.832. The van der Waals surface area contributed by atoms with E-state index in [-0.39, 0.29) is 11.4 Å². The topological polar surface area (TPSA) is 98.7 Å². The zero-order valence-corrected chi connectivity index (χ0v) is 22.5. The van der Waals surface area contributed by atoms with Crippen LogP contribution in [0.4, 0.5) is 15.3 Å². The Bertz CT molecular complexity index is 1260. The second-order valence-corrected chi connectivity index (χ2v) is 11.4. The molecule has 0 aromatic carbocycles. The van der Waals surface area contributed by atoms with Crippen molar-refractivity contribution in [1.82, 2.24) is 14.9 Å². The zero-order chi connectivity index (χ0) is 26.0. The van der Waals surface area contributed by atoms with Crippen LogP contribution in [0, 0.1) is 11.7 Å². The van der Waals surface area contributed by atoms with Crippen LogP contribution >= 0.6 is 34.3 Å². The van der Waals surface area contributed by atoms with Gasteiger partial charge in [0.1, 0.15) is 0 Å². The molecule has 8 nitrogen and oxygen atoms in total. The summed E-state index contributed by atoms with van der Waals surface area (Å²) in [4.78, 5) is 38.7. The van der Waals surface area contributed by atoms with E-state index < -0.39 is 23.6 Å². The fourth-order valence-electron chi connectivity index (χ4n) is 3.85. The van der Waals surface area contributed by atoms with Crippen LogP contribution in [0.15, 0.2) is 23.7 Å². The molecule has 3 aromatic rings. The van der Waals surface area contributed by atoms with Crippen molar-refractivity contribution in [3.8, 4) is 10.6 Å². The van der Waals surface area contributed by atoms with Crippen molar-refractivity contribution in [3.05, 3.63) is 45.0 Å². The number of aromatic nitrogens is 2. The highest BCUT2D eigenvalue weighted by atomic mass is 35.5. The number of carboxylic acid groups (broad SMARTS) is 1. The monoisotopic (exact) mass is 551 g/mol. The molecule has 0 bridgehead atoms. The van der Waals surface area contributed by atoms with Crippen LogP contribution in [0.1, 0.15) is 41.9 Å². The number of amides is 1. The third-order valence-electron chi connectivity index (χ3n) is 6.22.